The van der Waals surface area contributed by atoms with E-state index in [1.165, 1.54) is 0 Å². The monoisotopic (exact) mass is 834 g/mol. The molecular weight excluding hydrogens is 765 g/mol. The van der Waals surface area contributed by atoms with Crippen molar-refractivity contribution in [1.82, 2.24) is 0 Å². The predicted octanol–water partition coefficient (Wildman–Crippen LogP) is 5.59. The Bertz CT molecular complexity index is 1330. The molecule has 0 radical (unpaired) electrons. The van der Waals surface area contributed by atoms with E-state index in [9.17, 15) is 24.3 Å². The minimum Gasteiger partial charge on any atom is -0.463 e. The number of aliphatic hydroxyl groups excluding tert-OH is 1. The maximum Gasteiger partial charge on any atom is 0.306 e. The molecule has 0 amide bonds. The zero-order valence-corrected chi connectivity index (χ0v) is 37.4. The molecule has 17 heteroatoms. The van der Waals surface area contributed by atoms with Crippen LogP contribution in [0, 0.1) is 0 Å². The molecule has 57 heavy (non-hydrogen) atoms. The maximum absolute atomic E-state index is 13.2. The molecule has 3 saturated heterocycles. The van der Waals surface area contributed by atoms with Crippen LogP contribution in [0.1, 0.15) is 128 Å². The number of aliphatic hydroxyl groups is 1. The summed E-state index contributed by atoms with van der Waals surface area (Å²) in [7, 11) is -2.22. The Kier molecular flexibility index (Phi) is 18.0. The van der Waals surface area contributed by atoms with Crippen molar-refractivity contribution in [2.24, 2.45) is 0 Å². The van der Waals surface area contributed by atoms with Gasteiger partial charge in [-0.15, -0.1) is 0 Å². The van der Waals surface area contributed by atoms with E-state index in [4.69, 9.17) is 51.8 Å². The molecule has 0 aliphatic carbocycles. The van der Waals surface area contributed by atoms with Crippen LogP contribution in [0.2, 0.25) is 18.1 Å². The fourth-order valence-corrected chi connectivity index (χ4v) is 7.52. The van der Waals surface area contributed by atoms with E-state index in [0.717, 1.165) is 0 Å². The largest absolute Gasteiger partial charge is 0.463 e. The second-order valence-electron chi connectivity index (χ2n) is 17.4. The summed E-state index contributed by atoms with van der Waals surface area (Å²) in [5.41, 5.74) is 0. The number of rotatable bonds is 20. The fourth-order valence-electron chi connectivity index (χ4n) is 6.50. The van der Waals surface area contributed by atoms with Crippen molar-refractivity contribution in [3.63, 3.8) is 0 Å². The summed E-state index contributed by atoms with van der Waals surface area (Å²) in [5.74, 6) is -4.79. The van der Waals surface area contributed by atoms with Gasteiger partial charge < -0.3 is 56.9 Å². The van der Waals surface area contributed by atoms with Crippen molar-refractivity contribution >= 4 is 32.2 Å². The van der Waals surface area contributed by atoms with Crippen LogP contribution in [-0.2, 0) is 71.0 Å². The molecule has 3 aliphatic heterocycles. The standard InChI is InChI=1S/C40H70O16Si/c1-14-18-26(41)46-22-24-30(49-27(42)19-15-2)32(50-28(43)20-16-3)35(51-29(44)21-17-4)37(48-24)52-36(45)34-33(55-40(10,11)56-34)31-25(53-39(8,9)54-31)23-47-57(12,13)38(5,6)7/h24-25,30-37,45H,14-23H2,1-13H3/t24-,25-,30-,31-,32+,33+,34+,35+,36?,37+/m1/s1. The third kappa shape index (κ3) is 13.9. The second kappa shape index (κ2) is 20.8. The van der Waals surface area contributed by atoms with E-state index in [0.29, 0.717) is 25.7 Å². The number of ether oxygens (including phenoxy) is 10. The van der Waals surface area contributed by atoms with Crippen LogP contribution in [-0.4, -0.2) is 124 Å². The van der Waals surface area contributed by atoms with Gasteiger partial charge in [0.15, 0.2) is 44.5 Å². The smallest absolute Gasteiger partial charge is 0.306 e. The van der Waals surface area contributed by atoms with Crippen molar-refractivity contribution in [3.05, 3.63) is 0 Å². The van der Waals surface area contributed by atoms with Crippen LogP contribution in [0.25, 0.3) is 0 Å². The molecule has 0 aromatic carbocycles. The zero-order chi connectivity index (χ0) is 42.9. The van der Waals surface area contributed by atoms with Gasteiger partial charge in [-0.2, -0.15) is 0 Å². The fraction of sp³-hybridized carbons (Fsp3) is 0.900. The van der Waals surface area contributed by atoms with Gasteiger partial charge in [-0.3, -0.25) is 19.2 Å². The van der Waals surface area contributed by atoms with Crippen LogP contribution >= 0.6 is 0 Å². The summed E-state index contributed by atoms with van der Waals surface area (Å²) in [4.78, 5) is 51.9. The first-order valence-corrected chi connectivity index (χ1v) is 23.5. The Hall–Kier alpha value is -2.22. The Morgan fingerprint density at radius 1 is 0.649 bits per heavy atom. The Morgan fingerprint density at radius 2 is 1.12 bits per heavy atom. The van der Waals surface area contributed by atoms with Gasteiger partial charge in [0.2, 0.25) is 6.29 Å². The number of carbonyl (C=O) groups is 4. The summed E-state index contributed by atoms with van der Waals surface area (Å²) in [6.07, 6.45) is -10.9. The van der Waals surface area contributed by atoms with Crippen molar-refractivity contribution in [3.8, 4) is 0 Å². The highest BCUT2D eigenvalue weighted by Gasteiger charge is 2.59. The van der Waals surface area contributed by atoms with Crippen molar-refractivity contribution < 1.29 is 76.1 Å². The van der Waals surface area contributed by atoms with Gasteiger partial charge in [0, 0.05) is 25.7 Å². The van der Waals surface area contributed by atoms with Crippen LogP contribution in [0.5, 0.6) is 0 Å². The third-order valence-corrected chi connectivity index (χ3v) is 14.8. The quantitative estimate of drug-likeness (QED) is 0.0691. The first-order chi connectivity index (χ1) is 26.5. The predicted molar refractivity (Wildman–Crippen MR) is 207 cm³/mol. The summed E-state index contributed by atoms with van der Waals surface area (Å²) < 4.78 is 67.5. The van der Waals surface area contributed by atoms with Crippen LogP contribution in [0.4, 0.5) is 0 Å². The normalized spacial score (nSPS) is 30.4. The van der Waals surface area contributed by atoms with Gasteiger partial charge >= 0.3 is 23.9 Å². The molecule has 0 saturated carbocycles. The molecule has 1 N–H and O–H groups in total. The van der Waals surface area contributed by atoms with E-state index in [1.54, 1.807) is 48.5 Å². The van der Waals surface area contributed by atoms with E-state index in [-0.39, 0.29) is 37.3 Å². The summed E-state index contributed by atoms with van der Waals surface area (Å²) >= 11 is 0. The molecule has 16 nitrogen and oxygen atoms in total. The van der Waals surface area contributed by atoms with Gasteiger partial charge in [0.1, 0.15) is 37.1 Å². The highest BCUT2D eigenvalue weighted by atomic mass is 28.4. The van der Waals surface area contributed by atoms with Crippen molar-refractivity contribution in [2.45, 2.75) is 219 Å². The molecule has 3 fully saturated rings. The molecule has 330 valence electrons. The lowest BCUT2D eigenvalue weighted by Gasteiger charge is -2.45. The average Bonchev–Trinajstić information content (AvgIpc) is 3.59. The molecule has 10 atom stereocenters. The van der Waals surface area contributed by atoms with E-state index >= 15 is 0 Å². The third-order valence-electron chi connectivity index (χ3n) is 10.3. The Balaban J connectivity index is 2.04. The Morgan fingerprint density at radius 3 is 1.65 bits per heavy atom. The van der Waals surface area contributed by atoms with Crippen molar-refractivity contribution in [2.75, 3.05) is 13.2 Å². The van der Waals surface area contributed by atoms with Crippen LogP contribution in [0.15, 0.2) is 0 Å². The molecule has 3 heterocycles. The zero-order valence-electron chi connectivity index (χ0n) is 36.4. The van der Waals surface area contributed by atoms with E-state index in [1.807, 2.05) is 6.92 Å². The number of hydrogen-bond donors (Lipinski definition) is 1. The molecule has 3 rings (SSSR count). The van der Waals surface area contributed by atoms with Gasteiger partial charge in [-0.25, -0.2) is 0 Å². The van der Waals surface area contributed by atoms with E-state index in [2.05, 4.69) is 33.9 Å². The molecule has 0 spiro atoms. The minimum atomic E-state index is -2.22. The summed E-state index contributed by atoms with van der Waals surface area (Å²) in [5, 5.41) is 11.9. The first-order valence-electron chi connectivity index (χ1n) is 20.6. The topological polar surface area (TPSA) is 190 Å². The minimum absolute atomic E-state index is 0.00294. The van der Waals surface area contributed by atoms with Gasteiger partial charge in [-0.1, -0.05) is 48.5 Å². The average molecular weight is 835 g/mol. The molecule has 0 aromatic heterocycles. The number of esters is 4. The second-order valence-corrected chi connectivity index (χ2v) is 22.2. The molecule has 1 unspecified atom stereocenters. The van der Waals surface area contributed by atoms with Gasteiger partial charge in [0.05, 0.1) is 6.61 Å². The van der Waals surface area contributed by atoms with Gasteiger partial charge in [-0.05, 0) is 71.5 Å². The highest BCUT2D eigenvalue weighted by Crippen LogP contribution is 2.42. The lowest BCUT2D eigenvalue weighted by atomic mass is 9.97. The lowest BCUT2D eigenvalue weighted by molar-refractivity contribution is -0.347. The number of carbonyl (C=O) groups excluding carboxylic acids is 4. The van der Waals surface area contributed by atoms with Crippen LogP contribution < -0.4 is 0 Å². The van der Waals surface area contributed by atoms with Crippen molar-refractivity contribution in [1.29, 1.82) is 0 Å². The maximum atomic E-state index is 13.2. The molecular formula is C40H70O16Si. The Labute approximate surface area is 339 Å². The van der Waals surface area contributed by atoms with E-state index < -0.39 is 112 Å². The summed E-state index contributed by atoms with van der Waals surface area (Å²) in [6, 6.07) is 0. The summed E-state index contributed by atoms with van der Waals surface area (Å²) in [6.45, 7) is 24.5. The molecule has 0 bridgehead atoms. The molecule has 3 aliphatic rings. The number of hydrogen-bond acceptors (Lipinski definition) is 16. The van der Waals surface area contributed by atoms with Gasteiger partial charge in [0.25, 0.3) is 0 Å². The highest BCUT2D eigenvalue weighted by molar-refractivity contribution is 6.74. The molecule has 0 aromatic rings. The SMILES string of the molecule is CCCC(=O)OC[C@H]1O[C@@H](OC(O)[C@H]2OC(C)(C)O[C@H]2[C@@H]2OC(C)(C)O[C@@H]2CO[Si](C)(C)C(C)(C)C)[C@@H](OC(=O)CCC)[C@@H](OC(=O)CCC)[C@@H]1OC(=O)CCC. The lowest BCUT2D eigenvalue weighted by Crippen LogP contribution is -2.64. The first kappa shape index (κ1) is 49.1. The van der Waals surface area contributed by atoms with Crippen LogP contribution in [0.3, 0.4) is 0 Å².